The van der Waals surface area contributed by atoms with Gasteiger partial charge in [0, 0.05) is 10.9 Å². The van der Waals surface area contributed by atoms with Crippen LogP contribution in [0.2, 0.25) is 0 Å². The highest BCUT2D eigenvalue weighted by Crippen LogP contribution is 2.37. The maximum atomic E-state index is 9.35. The van der Waals surface area contributed by atoms with E-state index in [0.29, 0.717) is 0 Å². The molecule has 0 amide bonds. The predicted molar refractivity (Wildman–Crippen MR) is 78.4 cm³/mol. The highest BCUT2D eigenvalue weighted by Gasteiger charge is 2.30. The van der Waals surface area contributed by atoms with Gasteiger partial charge in [0.1, 0.15) is 0 Å². The molecule has 1 aliphatic rings. The van der Waals surface area contributed by atoms with E-state index in [9.17, 15) is 10.2 Å². The molecule has 5 heteroatoms. The Morgan fingerprint density at radius 3 is 2.88 bits per heavy atom. The summed E-state index contributed by atoms with van der Waals surface area (Å²) in [5.74, 6) is 0. The first kappa shape index (κ1) is 13.7. The van der Waals surface area contributed by atoms with E-state index < -0.39 is 5.54 Å². The third-order valence-corrected chi connectivity index (χ3v) is 5.28. The van der Waals surface area contributed by atoms with Crippen LogP contribution in [0.5, 0.6) is 0 Å². The predicted octanol–water partition coefficient (Wildman–Crippen LogP) is 2.06. The maximum Gasteiger partial charge on any atom is 0.0659 e. The Kier molecular flexibility index (Phi) is 4.46. The van der Waals surface area contributed by atoms with E-state index in [1.807, 2.05) is 18.3 Å². The number of rotatable bonds is 4. The van der Waals surface area contributed by atoms with E-state index in [0.717, 1.165) is 12.8 Å². The third kappa shape index (κ3) is 3.01. The van der Waals surface area contributed by atoms with E-state index in [4.69, 9.17) is 0 Å². The Morgan fingerprint density at radius 1 is 1.53 bits per heavy atom. The third-order valence-electron chi connectivity index (χ3n) is 3.30. The summed E-state index contributed by atoms with van der Waals surface area (Å²) in [6, 6.07) is 2.50. The monoisotopic (exact) mass is 367 g/mol. The summed E-state index contributed by atoms with van der Waals surface area (Å²) >= 11 is 4.22. The molecule has 2 rings (SSSR count). The van der Waals surface area contributed by atoms with Crippen molar-refractivity contribution < 1.29 is 10.2 Å². The van der Waals surface area contributed by atoms with Crippen LogP contribution in [0, 0.1) is 2.88 Å². The minimum Gasteiger partial charge on any atom is -0.394 e. The van der Waals surface area contributed by atoms with Crippen LogP contribution in [0.4, 0.5) is 0 Å². The van der Waals surface area contributed by atoms with Gasteiger partial charge in [-0.3, -0.25) is 0 Å². The zero-order valence-corrected chi connectivity index (χ0v) is 12.8. The van der Waals surface area contributed by atoms with Crippen LogP contribution in [-0.2, 0) is 6.42 Å². The van der Waals surface area contributed by atoms with Crippen molar-refractivity contribution in [2.45, 2.75) is 37.8 Å². The van der Waals surface area contributed by atoms with Crippen LogP contribution in [-0.4, -0.2) is 29.0 Å². The van der Waals surface area contributed by atoms with Gasteiger partial charge in [-0.15, -0.1) is 11.3 Å². The Labute approximate surface area is 119 Å². The average Bonchev–Trinajstić information content (AvgIpc) is 2.70. The van der Waals surface area contributed by atoms with Crippen LogP contribution >= 0.6 is 33.9 Å². The molecule has 0 radical (unpaired) electrons. The van der Waals surface area contributed by atoms with Gasteiger partial charge in [-0.05, 0) is 60.4 Å². The van der Waals surface area contributed by atoms with Crippen molar-refractivity contribution in [2.24, 2.45) is 0 Å². The van der Waals surface area contributed by atoms with E-state index in [-0.39, 0.29) is 19.3 Å². The molecule has 1 aromatic rings. The topological polar surface area (TPSA) is 52.5 Å². The fraction of sp³-hybridized carbons (Fsp3) is 0.667. The van der Waals surface area contributed by atoms with Crippen LogP contribution in [0.25, 0.3) is 0 Å². The van der Waals surface area contributed by atoms with Crippen molar-refractivity contribution in [3.8, 4) is 0 Å². The van der Waals surface area contributed by atoms with Gasteiger partial charge in [-0.25, -0.2) is 0 Å². The second-order valence-electron chi connectivity index (χ2n) is 4.90. The SMILES string of the molecule is CC(CO)(CO)NC1CCCc2sc(I)cc21. The number of hydrogen-bond acceptors (Lipinski definition) is 4. The molecule has 3 nitrogen and oxygen atoms in total. The molecule has 0 spiro atoms. The number of fused-ring (bicyclic) bond motifs is 1. The summed E-state index contributed by atoms with van der Waals surface area (Å²) in [7, 11) is 0. The largest absolute Gasteiger partial charge is 0.394 e. The Balaban J connectivity index is 2.18. The van der Waals surface area contributed by atoms with Gasteiger partial charge < -0.3 is 15.5 Å². The molecule has 1 heterocycles. The van der Waals surface area contributed by atoms with Gasteiger partial charge >= 0.3 is 0 Å². The first-order valence-corrected chi connectivity index (χ1v) is 7.75. The van der Waals surface area contributed by atoms with Crippen molar-refractivity contribution >= 4 is 33.9 Å². The van der Waals surface area contributed by atoms with Gasteiger partial charge in [-0.1, -0.05) is 0 Å². The summed E-state index contributed by atoms with van der Waals surface area (Å²) in [5.41, 5.74) is 0.769. The molecule has 0 fully saturated rings. The van der Waals surface area contributed by atoms with E-state index in [1.165, 1.54) is 19.7 Å². The second kappa shape index (κ2) is 5.52. The van der Waals surface area contributed by atoms with Crippen molar-refractivity contribution in [3.63, 3.8) is 0 Å². The van der Waals surface area contributed by atoms with E-state index in [1.54, 1.807) is 0 Å². The standard InChI is InChI=1S/C12H18INO2S/c1-12(6-15,7-16)14-9-3-2-4-10-8(9)5-11(13)17-10/h5,9,14-16H,2-4,6-7H2,1H3. The van der Waals surface area contributed by atoms with Crippen LogP contribution in [0.3, 0.4) is 0 Å². The number of aliphatic hydroxyl groups is 2. The molecule has 0 saturated heterocycles. The zero-order chi connectivity index (χ0) is 12.5. The van der Waals surface area contributed by atoms with Gasteiger partial charge in [0.25, 0.3) is 0 Å². The molecule has 3 N–H and O–H groups in total. The Morgan fingerprint density at radius 2 is 2.24 bits per heavy atom. The average molecular weight is 367 g/mol. The van der Waals surface area contributed by atoms with Gasteiger partial charge in [0.05, 0.1) is 21.6 Å². The Bertz CT molecular complexity index is 390. The normalized spacial score (nSPS) is 20.4. The molecule has 17 heavy (non-hydrogen) atoms. The quantitative estimate of drug-likeness (QED) is 0.715. The molecule has 1 unspecified atom stereocenters. The van der Waals surface area contributed by atoms with Gasteiger partial charge in [0.2, 0.25) is 0 Å². The number of aryl methyl sites for hydroxylation is 1. The minimum absolute atomic E-state index is 0.0451. The fourth-order valence-electron chi connectivity index (χ4n) is 2.23. The van der Waals surface area contributed by atoms with Crippen LogP contribution in [0.15, 0.2) is 6.07 Å². The lowest BCUT2D eigenvalue weighted by atomic mass is 9.91. The molecule has 1 atom stereocenters. The number of hydrogen-bond donors (Lipinski definition) is 3. The van der Waals surface area contributed by atoms with Crippen molar-refractivity contribution in [2.75, 3.05) is 13.2 Å². The zero-order valence-electron chi connectivity index (χ0n) is 9.87. The summed E-state index contributed by atoms with van der Waals surface area (Å²) in [4.78, 5) is 1.45. The molecule has 0 bridgehead atoms. The van der Waals surface area contributed by atoms with Crippen LogP contribution in [0.1, 0.15) is 36.2 Å². The summed E-state index contributed by atoms with van der Waals surface area (Å²) < 4.78 is 1.32. The second-order valence-corrected chi connectivity index (χ2v) is 7.93. The lowest BCUT2D eigenvalue weighted by molar-refractivity contribution is 0.0915. The maximum absolute atomic E-state index is 9.35. The van der Waals surface area contributed by atoms with Crippen molar-refractivity contribution in [1.82, 2.24) is 5.32 Å². The molecule has 0 aliphatic heterocycles. The number of halogens is 1. The molecule has 1 aliphatic carbocycles. The minimum atomic E-state index is -0.591. The van der Waals surface area contributed by atoms with E-state index in [2.05, 4.69) is 34.0 Å². The highest BCUT2D eigenvalue weighted by atomic mass is 127. The first-order chi connectivity index (χ1) is 8.08. The van der Waals surface area contributed by atoms with Gasteiger partial charge in [0.15, 0.2) is 0 Å². The summed E-state index contributed by atoms with van der Waals surface area (Å²) in [5, 5.41) is 22.1. The molecule has 1 aromatic heterocycles. The smallest absolute Gasteiger partial charge is 0.0659 e. The number of thiophene rings is 1. The number of nitrogens with one attached hydrogen (secondary N) is 1. The Hall–Kier alpha value is 0.310. The molecule has 0 aromatic carbocycles. The molecule has 0 saturated carbocycles. The van der Waals surface area contributed by atoms with Crippen molar-refractivity contribution in [1.29, 1.82) is 0 Å². The number of aliphatic hydroxyl groups excluding tert-OH is 2. The lowest BCUT2D eigenvalue weighted by Crippen LogP contribution is -2.50. The molecular weight excluding hydrogens is 349 g/mol. The highest BCUT2D eigenvalue weighted by molar-refractivity contribution is 14.1. The fourth-order valence-corrected chi connectivity index (χ4v) is 4.35. The summed E-state index contributed by atoms with van der Waals surface area (Å²) in [6.45, 7) is 1.77. The summed E-state index contributed by atoms with van der Waals surface area (Å²) in [6.07, 6.45) is 3.42. The molecule has 96 valence electrons. The van der Waals surface area contributed by atoms with E-state index >= 15 is 0 Å². The van der Waals surface area contributed by atoms with Crippen LogP contribution < -0.4 is 5.32 Å². The molecular formula is C12H18INO2S. The van der Waals surface area contributed by atoms with Gasteiger partial charge in [-0.2, -0.15) is 0 Å². The van der Waals surface area contributed by atoms with Crippen molar-refractivity contribution in [3.05, 3.63) is 19.4 Å². The first-order valence-electron chi connectivity index (χ1n) is 5.85. The lowest BCUT2D eigenvalue weighted by Gasteiger charge is -2.34.